The largest absolute Gasteiger partial charge is 0.306 e. The zero-order chi connectivity index (χ0) is 18.4. The molecule has 0 radical (unpaired) electrons. The van der Waals surface area contributed by atoms with E-state index in [4.69, 9.17) is 21.7 Å². The molecule has 5 rings (SSSR count). The van der Waals surface area contributed by atoms with Crippen molar-refractivity contribution in [2.24, 2.45) is 0 Å². The van der Waals surface area contributed by atoms with Crippen LogP contribution in [0.4, 0.5) is 5.82 Å². The summed E-state index contributed by atoms with van der Waals surface area (Å²) < 4.78 is 2.87. The van der Waals surface area contributed by atoms with Crippen molar-refractivity contribution in [3.05, 3.63) is 70.4 Å². The third kappa shape index (κ3) is 2.91. The Bertz CT molecular complexity index is 1150. The Labute approximate surface area is 164 Å². The molecule has 4 aromatic rings. The number of fused-ring (bicyclic) bond motifs is 2. The van der Waals surface area contributed by atoms with Crippen LogP contribution in [0.25, 0.3) is 15.3 Å². The zero-order valence-corrected chi connectivity index (χ0v) is 15.8. The molecule has 1 N–H and O–H groups in total. The number of hydrogen-bond donors (Lipinski definition) is 1. The number of para-hydroxylation sites is 1. The van der Waals surface area contributed by atoms with Crippen molar-refractivity contribution in [1.82, 2.24) is 14.8 Å². The monoisotopic (exact) mass is 394 g/mol. The molecule has 0 unspecified atom stereocenters. The van der Waals surface area contributed by atoms with E-state index in [1.165, 1.54) is 0 Å². The van der Waals surface area contributed by atoms with E-state index in [-0.39, 0.29) is 5.91 Å². The first-order valence-corrected chi connectivity index (χ1v) is 9.92. The fourth-order valence-electron chi connectivity index (χ4n) is 3.42. The van der Waals surface area contributed by atoms with Crippen LogP contribution in [0.1, 0.15) is 28.0 Å². The number of aryl methyl sites for hydroxylation is 1. The standard InChI is InChI=1S/C20H15ClN4OS/c21-13-6-3-5-12(11-13)19(26)23-18-14-7-4-9-15(14)24-25(18)20-22-16-8-1-2-10-17(16)27-20/h1-3,5-6,8,10-11H,4,7,9H2,(H,23,26). The molecular weight excluding hydrogens is 380 g/mol. The van der Waals surface area contributed by atoms with Gasteiger partial charge >= 0.3 is 0 Å². The number of rotatable bonds is 3. The first-order chi connectivity index (χ1) is 13.2. The number of benzene rings is 2. The highest BCUT2D eigenvalue weighted by molar-refractivity contribution is 7.20. The number of nitrogens with zero attached hydrogens (tertiary/aromatic N) is 3. The van der Waals surface area contributed by atoms with Crippen molar-refractivity contribution >= 4 is 44.9 Å². The molecule has 0 fully saturated rings. The van der Waals surface area contributed by atoms with Gasteiger partial charge in [0, 0.05) is 16.1 Å². The van der Waals surface area contributed by atoms with E-state index in [9.17, 15) is 4.79 Å². The fraction of sp³-hybridized carbons (Fsp3) is 0.150. The highest BCUT2D eigenvalue weighted by Crippen LogP contribution is 2.34. The zero-order valence-electron chi connectivity index (χ0n) is 14.3. The highest BCUT2D eigenvalue weighted by Gasteiger charge is 2.26. The predicted octanol–water partition coefficient (Wildman–Crippen LogP) is 4.88. The van der Waals surface area contributed by atoms with Crippen LogP contribution >= 0.6 is 22.9 Å². The average molecular weight is 395 g/mol. The summed E-state index contributed by atoms with van der Waals surface area (Å²) in [5.74, 6) is 0.515. The minimum atomic E-state index is -0.200. The second-order valence-corrected chi connectivity index (χ2v) is 7.91. The molecule has 0 bridgehead atoms. The molecule has 2 heterocycles. The van der Waals surface area contributed by atoms with E-state index in [2.05, 4.69) is 5.32 Å². The number of thiazole rings is 1. The lowest BCUT2D eigenvalue weighted by Crippen LogP contribution is -2.16. The van der Waals surface area contributed by atoms with Gasteiger partial charge in [0.05, 0.1) is 15.9 Å². The molecule has 1 aliphatic carbocycles. The fourth-order valence-corrected chi connectivity index (χ4v) is 4.53. The SMILES string of the molecule is O=C(Nc1c2c(nn1-c1nc3ccccc3s1)CCC2)c1cccc(Cl)c1. The summed E-state index contributed by atoms with van der Waals surface area (Å²) in [6.45, 7) is 0. The molecule has 0 atom stereocenters. The second kappa shape index (κ2) is 6.48. The van der Waals surface area contributed by atoms with Crippen LogP contribution < -0.4 is 5.32 Å². The van der Waals surface area contributed by atoms with Crippen LogP contribution in [0.2, 0.25) is 5.02 Å². The molecule has 0 saturated heterocycles. The number of carbonyl (C=O) groups is 1. The van der Waals surface area contributed by atoms with Crippen LogP contribution in [-0.2, 0) is 12.8 Å². The maximum absolute atomic E-state index is 12.8. The number of amides is 1. The molecule has 0 aliphatic heterocycles. The molecule has 27 heavy (non-hydrogen) atoms. The number of nitrogens with one attached hydrogen (secondary N) is 1. The van der Waals surface area contributed by atoms with Gasteiger partial charge in [-0.2, -0.15) is 9.78 Å². The number of hydrogen-bond acceptors (Lipinski definition) is 4. The van der Waals surface area contributed by atoms with Gasteiger partial charge < -0.3 is 5.32 Å². The van der Waals surface area contributed by atoms with E-state index in [1.807, 2.05) is 24.3 Å². The van der Waals surface area contributed by atoms with Crippen molar-refractivity contribution in [2.75, 3.05) is 5.32 Å². The van der Waals surface area contributed by atoms with Gasteiger partial charge in [-0.1, -0.05) is 41.1 Å². The van der Waals surface area contributed by atoms with Gasteiger partial charge in [-0.15, -0.1) is 0 Å². The second-order valence-electron chi connectivity index (χ2n) is 6.47. The van der Waals surface area contributed by atoms with Gasteiger partial charge in [-0.3, -0.25) is 4.79 Å². The van der Waals surface area contributed by atoms with Crippen molar-refractivity contribution in [3.63, 3.8) is 0 Å². The van der Waals surface area contributed by atoms with Gasteiger partial charge in [0.1, 0.15) is 5.82 Å². The third-order valence-corrected chi connectivity index (χ3v) is 5.94. The normalized spacial score (nSPS) is 13.1. The van der Waals surface area contributed by atoms with Gasteiger partial charge in [0.2, 0.25) is 5.13 Å². The number of carbonyl (C=O) groups excluding carboxylic acids is 1. The van der Waals surface area contributed by atoms with Crippen molar-refractivity contribution in [3.8, 4) is 5.13 Å². The summed E-state index contributed by atoms with van der Waals surface area (Å²) in [6, 6.07) is 14.9. The third-order valence-electron chi connectivity index (χ3n) is 4.69. The van der Waals surface area contributed by atoms with Gasteiger partial charge in [-0.05, 0) is 49.6 Å². The first-order valence-electron chi connectivity index (χ1n) is 8.73. The average Bonchev–Trinajstić information content (AvgIpc) is 3.36. The summed E-state index contributed by atoms with van der Waals surface area (Å²) in [5, 5.41) is 9.08. The lowest BCUT2D eigenvalue weighted by Gasteiger charge is -2.09. The molecule has 1 amide bonds. The summed E-state index contributed by atoms with van der Waals surface area (Å²) in [5.41, 5.74) is 3.59. The highest BCUT2D eigenvalue weighted by atomic mass is 35.5. The van der Waals surface area contributed by atoms with E-state index in [0.717, 1.165) is 45.9 Å². The summed E-state index contributed by atoms with van der Waals surface area (Å²) >= 11 is 7.59. The van der Waals surface area contributed by atoms with E-state index >= 15 is 0 Å². The minimum Gasteiger partial charge on any atom is -0.306 e. The first kappa shape index (κ1) is 16.5. The molecule has 0 saturated carbocycles. The quantitative estimate of drug-likeness (QED) is 0.539. The Morgan fingerprint density at radius 3 is 2.89 bits per heavy atom. The van der Waals surface area contributed by atoms with Gasteiger partial charge in [0.15, 0.2) is 0 Å². The molecule has 2 aromatic heterocycles. The maximum atomic E-state index is 12.8. The van der Waals surface area contributed by atoms with E-state index in [0.29, 0.717) is 16.4 Å². The smallest absolute Gasteiger partial charge is 0.256 e. The molecule has 0 spiro atoms. The summed E-state index contributed by atoms with van der Waals surface area (Å²) in [7, 11) is 0. The number of anilines is 1. The van der Waals surface area contributed by atoms with Crippen molar-refractivity contribution < 1.29 is 4.79 Å². The molecule has 1 aliphatic rings. The minimum absolute atomic E-state index is 0.200. The maximum Gasteiger partial charge on any atom is 0.256 e. The van der Waals surface area contributed by atoms with Crippen LogP contribution in [0.15, 0.2) is 48.5 Å². The number of aromatic nitrogens is 3. The Hall–Kier alpha value is -2.70. The van der Waals surface area contributed by atoms with E-state index in [1.54, 1.807) is 40.3 Å². The molecule has 134 valence electrons. The van der Waals surface area contributed by atoms with Crippen molar-refractivity contribution in [1.29, 1.82) is 0 Å². The Balaban J connectivity index is 1.58. The Morgan fingerprint density at radius 2 is 2.04 bits per heavy atom. The Kier molecular flexibility index (Phi) is 3.95. The Morgan fingerprint density at radius 1 is 1.15 bits per heavy atom. The lowest BCUT2D eigenvalue weighted by molar-refractivity contribution is 0.102. The van der Waals surface area contributed by atoms with Crippen molar-refractivity contribution in [2.45, 2.75) is 19.3 Å². The van der Waals surface area contributed by atoms with Crippen LogP contribution in [-0.4, -0.2) is 20.7 Å². The lowest BCUT2D eigenvalue weighted by atomic mass is 10.2. The van der Waals surface area contributed by atoms with Crippen LogP contribution in [0.3, 0.4) is 0 Å². The molecule has 7 heteroatoms. The molecule has 5 nitrogen and oxygen atoms in total. The predicted molar refractivity (Wildman–Crippen MR) is 108 cm³/mol. The molecular formula is C20H15ClN4OS. The topological polar surface area (TPSA) is 59.8 Å². The van der Waals surface area contributed by atoms with Gasteiger partial charge in [0.25, 0.3) is 5.91 Å². The summed E-state index contributed by atoms with van der Waals surface area (Å²) in [4.78, 5) is 17.5. The van der Waals surface area contributed by atoms with Crippen LogP contribution in [0.5, 0.6) is 0 Å². The molecule has 2 aromatic carbocycles. The summed E-state index contributed by atoms with van der Waals surface area (Å²) in [6.07, 6.45) is 2.89. The van der Waals surface area contributed by atoms with E-state index < -0.39 is 0 Å². The number of halogens is 1. The van der Waals surface area contributed by atoms with Crippen LogP contribution in [0, 0.1) is 0 Å². The van der Waals surface area contributed by atoms with Gasteiger partial charge in [-0.25, -0.2) is 4.98 Å².